The fraction of sp³-hybridized carbons (Fsp3) is 0.250. The van der Waals surface area contributed by atoms with Crippen molar-refractivity contribution in [2.45, 2.75) is 31.9 Å². The average Bonchev–Trinajstić information content (AvgIpc) is 2.85. The van der Waals surface area contributed by atoms with Crippen LogP contribution < -0.4 is 10.1 Å². The van der Waals surface area contributed by atoms with E-state index in [1.807, 2.05) is 68.4 Å². The number of benzene rings is 3. The fourth-order valence-electron chi connectivity index (χ4n) is 3.92. The molecule has 186 valence electrons. The molecule has 36 heavy (non-hydrogen) atoms. The van der Waals surface area contributed by atoms with Crippen LogP contribution in [0.25, 0.3) is 0 Å². The standard InChI is InChI=1S/C28H28ClN3O3S/c1-18-7-12-24(19(2)15-18)31-27(34)25-17-26(33)32(14-13-20-8-10-23(35-3)11-9-20)28(36-25)30-22-6-4-5-21(29)16-22/h4-12,15-16,25H,13-14,17H2,1-3H3,(H,31,34). The van der Waals surface area contributed by atoms with E-state index in [1.165, 1.54) is 11.8 Å². The first kappa shape index (κ1) is 25.8. The molecule has 4 rings (SSSR count). The van der Waals surface area contributed by atoms with Gasteiger partial charge in [-0.15, -0.1) is 0 Å². The molecule has 1 N–H and O–H groups in total. The highest BCUT2D eigenvalue weighted by molar-refractivity contribution is 8.15. The van der Waals surface area contributed by atoms with Crippen LogP contribution in [0.1, 0.15) is 23.1 Å². The predicted octanol–water partition coefficient (Wildman–Crippen LogP) is 6.17. The second kappa shape index (κ2) is 11.6. The van der Waals surface area contributed by atoms with Crippen LogP contribution in [0.4, 0.5) is 11.4 Å². The third-order valence-corrected chi connectivity index (χ3v) is 7.31. The van der Waals surface area contributed by atoms with E-state index in [-0.39, 0.29) is 18.2 Å². The highest BCUT2D eigenvalue weighted by atomic mass is 35.5. The van der Waals surface area contributed by atoms with Crippen molar-refractivity contribution in [3.8, 4) is 5.75 Å². The first-order valence-electron chi connectivity index (χ1n) is 11.6. The number of amidine groups is 1. The van der Waals surface area contributed by atoms with Gasteiger partial charge < -0.3 is 10.1 Å². The maximum absolute atomic E-state index is 13.3. The van der Waals surface area contributed by atoms with Gasteiger partial charge in [0, 0.05) is 23.7 Å². The summed E-state index contributed by atoms with van der Waals surface area (Å²) in [6.45, 7) is 4.41. The van der Waals surface area contributed by atoms with Crippen molar-refractivity contribution in [1.82, 2.24) is 4.90 Å². The molecule has 2 amide bonds. The van der Waals surface area contributed by atoms with Crippen molar-refractivity contribution < 1.29 is 14.3 Å². The zero-order valence-electron chi connectivity index (χ0n) is 20.5. The van der Waals surface area contributed by atoms with E-state index >= 15 is 0 Å². The lowest BCUT2D eigenvalue weighted by Gasteiger charge is -2.32. The zero-order valence-corrected chi connectivity index (χ0v) is 22.0. The van der Waals surface area contributed by atoms with E-state index in [1.54, 1.807) is 24.1 Å². The van der Waals surface area contributed by atoms with Gasteiger partial charge in [0.25, 0.3) is 0 Å². The van der Waals surface area contributed by atoms with Gasteiger partial charge in [-0.05, 0) is 67.8 Å². The molecule has 1 saturated heterocycles. The number of hydrogen-bond donors (Lipinski definition) is 1. The molecule has 3 aromatic rings. The molecule has 8 heteroatoms. The third-order valence-electron chi connectivity index (χ3n) is 5.89. The van der Waals surface area contributed by atoms with Crippen LogP contribution in [0, 0.1) is 13.8 Å². The van der Waals surface area contributed by atoms with Crippen LogP contribution in [0.3, 0.4) is 0 Å². The summed E-state index contributed by atoms with van der Waals surface area (Å²) in [5, 5.41) is 3.44. The van der Waals surface area contributed by atoms with E-state index in [0.29, 0.717) is 28.8 Å². The lowest BCUT2D eigenvalue weighted by atomic mass is 10.1. The van der Waals surface area contributed by atoms with Gasteiger partial charge in [-0.1, -0.05) is 59.3 Å². The molecule has 1 heterocycles. The highest BCUT2D eigenvalue weighted by Gasteiger charge is 2.36. The topological polar surface area (TPSA) is 71.0 Å². The van der Waals surface area contributed by atoms with Crippen LogP contribution in [0.2, 0.25) is 5.02 Å². The lowest BCUT2D eigenvalue weighted by molar-refractivity contribution is -0.129. The molecule has 1 aliphatic rings. The molecule has 0 spiro atoms. The Morgan fingerprint density at radius 2 is 1.92 bits per heavy atom. The molecule has 3 aromatic carbocycles. The Morgan fingerprint density at radius 1 is 1.14 bits per heavy atom. The number of thioether (sulfide) groups is 1. The van der Waals surface area contributed by atoms with Crippen LogP contribution >= 0.6 is 23.4 Å². The van der Waals surface area contributed by atoms with Crippen molar-refractivity contribution in [2.75, 3.05) is 19.0 Å². The summed E-state index contributed by atoms with van der Waals surface area (Å²) >= 11 is 7.46. The second-order valence-corrected chi connectivity index (χ2v) is 10.2. The Kier molecular flexibility index (Phi) is 8.33. The number of hydrogen-bond acceptors (Lipinski definition) is 5. The van der Waals surface area contributed by atoms with Gasteiger partial charge in [0.05, 0.1) is 12.8 Å². The average molecular weight is 522 g/mol. The smallest absolute Gasteiger partial charge is 0.238 e. The van der Waals surface area contributed by atoms with E-state index < -0.39 is 5.25 Å². The number of ether oxygens (including phenoxy) is 1. The molecule has 0 saturated carbocycles. The number of amides is 2. The monoisotopic (exact) mass is 521 g/mol. The summed E-state index contributed by atoms with van der Waals surface area (Å²) in [6.07, 6.45) is 0.739. The Hall–Kier alpha value is -3.29. The van der Waals surface area contributed by atoms with Crippen molar-refractivity contribution in [2.24, 2.45) is 4.99 Å². The largest absolute Gasteiger partial charge is 0.497 e. The van der Waals surface area contributed by atoms with Gasteiger partial charge in [-0.2, -0.15) is 0 Å². The van der Waals surface area contributed by atoms with Crippen LogP contribution in [-0.2, 0) is 16.0 Å². The first-order valence-corrected chi connectivity index (χ1v) is 12.9. The van der Waals surface area contributed by atoms with Crippen LogP contribution in [0.15, 0.2) is 71.7 Å². The minimum absolute atomic E-state index is 0.0958. The Morgan fingerprint density at radius 3 is 2.61 bits per heavy atom. The minimum Gasteiger partial charge on any atom is -0.497 e. The zero-order chi connectivity index (χ0) is 25.7. The number of anilines is 1. The van der Waals surface area contributed by atoms with Gasteiger partial charge in [-0.3, -0.25) is 14.5 Å². The third kappa shape index (κ3) is 6.47. The number of methoxy groups -OCH3 is 1. The fourth-order valence-corrected chi connectivity index (χ4v) is 5.23. The lowest BCUT2D eigenvalue weighted by Crippen LogP contribution is -2.46. The molecular formula is C28H28ClN3O3S. The Labute approximate surface area is 220 Å². The summed E-state index contributed by atoms with van der Waals surface area (Å²) in [4.78, 5) is 32.8. The summed E-state index contributed by atoms with van der Waals surface area (Å²) in [5.41, 5.74) is 4.54. The Bertz CT molecular complexity index is 1290. The summed E-state index contributed by atoms with van der Waals surface area (Å²) in [5.74, 6) is 0.432. The van der Waals surface area contributed by atoms with Crippen molar-refractivity contribution >= 4 is 51.7 Å². The number of aliphatic imine (C=N–C) groups is 1. The second-order valence-electron chi connectivity index (χ2n) is 8.64. The first-order chi connectivity index (χ1) is 17.3. The molecule has 1 unspecified atom stereocenters. The predicted molar refractivity (Wildman–Crippen MR) is 147 cm³/mol. The maximum atomic E-state index is 13.3. The number of carbonyl (C=O) groups excluding carboxylic acids is 2. The van der Waals surface area contributed by atoms with Gasteiger partial charge in [0.1, 0.15) is 11.0 Å². The highest BCUT2D eigenvalue weighted by Crippen LogP contribution is 2.31. The van der Waals surface area contributed by atoms with Crippen molar-refractivity contribution in [1.29, 1.82) is 0 Å². The van der Waals surface area contributed by atoms with E-state index in [4.69, 9.17) is 21.3 Å². The molecule has 1 aliphatic heterocycles. The van der Waals surface area contributed by atoms with Crippen LogP contribution in [0.5, 0.6) is 5.75 Å². The molecule has 0 aromatic heterocycles. The van der Waals surface area contributed by atoms with E-state index in [2.05, 4.69) is 5.32 Å². The molecule has 0 radical (unpaired) electrons. The summed E-state index contributed by atoms with van der Waals surface area (Å²) in [7, 11) is 1.63. The van der Waals surface area contributed by atoms with Crippen molar-refractivity contribution in [3.05, 3.63) is 88.4 Å². The number of nitrogens with zero attached hydrogens (tertiary/aromatic N) is 2. The number of rotatable bonds is 7. The number of halogens is 1. The van der Waals surface area contributed by atoms with Crippen LogP contribution in [-0.4, -0.2) is 40.8 Å². The normalized spacial score (nSPS) is 16.8. The summed E-state index contributed by atoms with van der Waals surface area (Å²) in [6, 6.07) is 20.8. The summed E-state index contributed by atoms with van der Waals surface area (Å²) < 4.78 is 5.23. The van der Waals surface area contributed by atoms with Gasteiger partial charge >= 0.3 is 0 Å². The van der Waals surface area contributed by atoms with E-state index in [0.717, 1.165) is 28.1 Å². The molecule has 1 fully saturated rings. The minimum atomic E-state index is -0.589. The van der Waals surface area contributed by atoms with Crippen molar-refractivity contribution in [3.63, 3.8) is 0 Å². The molecule has 1 atom stereocenters. The number of aryl methyl sites for hydroxylation is 2. The number of nitrogens with one attached hydrogen (secondary N) is 1. The van der Waals surface area contributed by atoms with Gasteiger partial charge in [0.15, 0.2) is 5.17 Å². The van der Waals surface area contributed by atoms with E-state index in [9.17, 15) is 9.59 Å². The number of carbonyl (C=O) groups is 2. The van der Waals surface area contributed by atoms with Gasteiger partial charge in [0.2, 0.25) is 11.8 Å². The molecular weight excluding hydrogens is 494 g/mol. The molecule has 0 aliphatic carbocycles. The Balaban J connectivity index is 1.55. The SMILES string of the molecule is COc1ccc(CCN2C(=O)CC(C(=O)Nc3ccc(C)cc3C)SC2=Nc2cccc(Cl)c2)cc1. The molecule has 6 nitrogen and oxygen atoms in total. The maximum Gasteiger partial charge on any atom is 0.238 e. The van der Waals surface area contributed by atoms with Gasteiger partial charge in [-0.25, -0.2) is 4.99 Å². The quantitative estimate of drug-likeness (QED) is 0.403. The molecule has 0 bridgehead atoms.